The molecule has 0 aromatic heterocycles. The van der Waals surface area contributed by atoms with Gasteiger partial charge in [0.15, 0.2) is 0 Å². The summed E-state index contributed by atoms with van der Waals surface area (Å²) in [6, 6.07) is 0. The Morgan fingerprint density at radius 1 is 1.00 bits per heavy atom. The van der Waals surface area contributed by atoms with Crippen LogP contribution in [0.25, 0.3) is 0 Å². The van der Waals surface area contributed by atoms with E-state index in [1.165, 1.54) is 12.8 Å². The smallest absolute Gasteiger partial charge is 0.463 e. The van der Waals surface area contributed by atoms with Crippen LogP contribution in [0.2, 0.25) is 0 Å². The maximum Gasteiger partial charge on any atom is 0.530 e. The molecule has 158 valence electrons. The summed E-state index contributed by atoms with van der Waals surface area (Å²) in [4.78, 5) is 11.8. The van der Waals surface area contributed by atoms with E-state index in [2.05, 4.69) is 20.8 Å². The standard InChI is InChI=1S/C20H37O6P/c1-7-23-20(21)16-19(26-27(22,24-8-2)25-9-3)15-11-14-18(6)13-10-12-17(4)5/h11,15-18H,7-10,12-14H2,1-6H3/b15-11+,19-16-. The molecule has 0 saturated carbocycles. The second-order valence-corrected chi connectivity index (χ2v) is 8.33. The van der Waals surface area contributed by atoms with Gasteiger partial charge in [0.1, 0.15) is 5.76 Å². The van der Waals surface area contributed by atoms with Crippen LogP contribution in [0.15, 0.2) is 24.0 Å². The summed E-state index contributed by atoms with van der Waals surface area (Å²) in [5, 5.41) is 0. The van der Waals surface area contributed by atoms with Crippen molar-refractivity contribution in [3.63, 3.8) is 0 Å². The Morgan fingerprint density at radius 3 is 2.15 bits per heavy atom. The molecule has 0 spiro atoms. The van der Waals surface area contributed by atoms with E-state index in [0.717, 1.165) is 18.9 Å². The largest absolute Gasteiger partial charge is 0.530 e. The lowest BCUT2D eigenvalue weighted by atomic mass is 9.97. The molecule has 0 fully saturated rings. The normalized spacial score (nSPS) is 14.0. The predicted molar refractivity (Wildman–Crippen MR) is 108 cm³/mol. The molecule has 0 aliphatic carbocycles. The summed E-state index contributed by atoms with van der Waals surface area (Å²) in [7, 11) is -3.77. The van der Waals surface area contributed by atoms with Gasteiger partial charge >= 0.3 is 13.8 Å². The van der Waals surface area contributed by atoms with Gasteiger partial charge in [-0.25, -0.2) is 9.36 Å². The number of phosphoric acid groups is 1. The number of carbonyl (C=O) groups excluding carboxylic acids is 1. The van der Waals surface area contributed by atoms with Crippen molar-refractivity contribution in [2.45, 2.75) is 67.2 Å². The van der Waals surface area contributed by atoms with Crippen LogP contribution in [0.3, 0.4) is 0 Å². The fourth-order valence-corrected chi connectivity index (χ4v) is 3.53. The van der Waals surface area contributed by atoms with Gasteiger partial charge < -0.3 is 9.26 Å². The number of hydrogen-bond acceptors (Lipinski definition) is 6. The molecular formula is C20H37O6P. The zero-order valence-corrected chi connectivity index (χ0v) is 18.6. The van der Waals surface area contributed by atoms with Crippen molar-refractivity contribution in [3.05, 3.63) is 24.0 Å². The van der Waals surface area contributed by atoms with E-state index in [4.69, 9.17) is 18.3 Å². The van der Waals surface area contributed by atoms with E-state index in [9.17, 15) is 9.36 Å². The molecule has 1 unspecified atom stereocenters. The molecule has 0 amide bonds. The van der Waals surface area contributed by atoms with E-state index in [0.29, 0.717) is 11.8 Å². The first-order chi connectivity index (χ1) is 12.8. The molecule has 6 nitrogen and oxygen atoms in total. The average Bonchev–Trinajstić information content (AvgIpc) is 2.54. The van der Waals surface area contributed by atoms with Crippen LogP contribution >= 0.6 is 7.82 Å². The molecule has 0 aromatic carbocycles. The van der Waals surface area contributed by atoms with E-state index in [1.807, 2.05) is 6.08 Å². The van der Waals surface area contributed by atoms with E-state index in [-0.39, 0.29) is 25.6 Å². The summed E-state index contributed by atoms with van der Waals surface area (Å²) in [5.74, 6) is 0.760. The number of hydrogen-bond donors (Lipinski definition) is 0. The van der Waals surface area contributed by atoms with Crippen molar-refractivity contribution in [2.75, 3.05) is 19.8 Å². The molecule has 0 radical (unpaired) electrons. The van der Waals surface area contributed by atoms with Crippen molar-refractivity contribution in [1.29, 1.82) is 0 Å². The highest BCUT2D eigenvalue weighted by Gasteiger charge is 2.28. The first-order valence-corrected chi connectivity index (χ1v) is 11.4. The van der Waals surface area contributed by atoms with Crippen molar-refractivity contribution < 1.29 is 27.7 Å². The Morgan fingerprint density at radius 2 is 1.63 bits per heavy atom. The number of carbonyl (C=O) groups is 1. The van der Waals surface area contributed by atoms with Crippen molar-refractivity contribution in [3.8, 4) is 0 Å². The van der Waals surface area contributed by atoms with Crippen LogP contribution in [-0.4, -0.2) is 25.8 Å². The summed E-state index contributed by atoms with van der Waals surface area (Å²) in [5.41, 5.74) is 0. The molecule has 7 heteroatoms. The van der Waals surface area contributed by atoms with Gasteiger partial charge in [0.2, 0.25) is 0 Å². The second-order valence-electron chi connectivity index (χ2n) is 6.74. The minimum Gasteiger partial charge on any atom is -0.463 e. The van der Waals surface area contributed by atoms with Crippen LogP contribution in [0.4, 0.5) is 0 Å². The quantitative estimate of drug-likeness (QED) is 0.109. The maximum atomic E-state index is 12.6. The van der Waals surface area contributed by atoms with Crippen LogP contribution in [0.1, 0.15) is 67.2 Å². The Kier molecular flexibility index (Phi) is 14.3. The minimum absolute atomic E-state index is 0.105. The third-order valence-corrected chi connectivity index (χ3v) is 5.22. The summed E-state index contributed by atoms with van der Waals surface area (Å²) in [6.45, 7) is 12.3. The fourth-order valence-electron chi connectivity index (χ4n) is 2.35. The summed E-state index contributed by atoms with van der Waals surface area (Å²) in [6.07, 6.45) is 9.07. The predicted octanol–water partition coefficient (Wildman–Crippen LogP) is 6.04. The van der Waals surface area contributed by atoms with Crippen LogP contribution in [0, 0.1) is 11.8 Å². The van der Waals surface area contributed by atoms with Crippen molar-refractivity contribution in [2.24, 2.45) is 11.8 Å². The van der Waals surface area contributed by atoms with Gasteiger partial charge in [0.05, 0.1) is 25.9 Å². The third-order valence-electron chi connectivity index (χ3n) is 3.64. The molecule has 1 atom stereocenters. The van der Waals surface area contributed by atoms with E-state index >= 15 is 0 Å². The molecule has 0 N–H and O–H groups in total. The van der Waals surface area contributed by atoms with Gasteiger partial charge in [-0.1, -0.05) is 46.1 Å². The molecular weight excluding hydrogens is 367 g/mol. The first-order valence-electron chi connectivity index (χ1n) is 9.89. The van der Waals surface area contributed by atoms with Crippen molar-refractivity contribution in [1.82, 2.24) is 0 Å². The Balaban J connectivity index is 5.00. The van der Waals surface area contributed by atoms with Gasteiger partial charge in [0.25, 0.3) is 0 Å². The minimum atomic E-state index is -3.77. The first kappa shape index (κ1) is 25.9. The molecule has 0 bridgehead atoms. The lowest BCUT2D eigenvalue weighted by Crippen LogP contribution is -2.04. The van der Waals surface area contributed by atoms with Crippen LogP contribution in [0.5, 0.6) is 0 Å². The molecule has 0 aliphatic heterocycles. The molecule has 0 heterocycles. The van der Waals surface area contributed by atoms with Crippen molar-refractivity contribution >= 4 is 13.8 Å². The summed E-state index contributed by atoms with van der Waals surface area (Å²) >= 11 is 0. The second kappa shape index (κ2) is 14.9. The highest BCUT2D eigenvalue weighted by Crippen LogP contribution is 2.51. The van der Waals surface area contributed by atoms with E-state index in [1.54, 1.807) is 26.8 Å². The average molecular weight is 404 g/mol. The Labute approximate surface area is 164 Å². The molecule has 0 aromatic rings. The van der Waals surface area contributed by atoms with Gasteiger partial charge in [-0.05, 0) is 45.1 Å². The number of phosphoric ester groups is 1. The Bertz CT molecular complexity index is 503. The SMILES string of the molecule is CCOC(=O)/C=C(/C=C/CC(C)CCCC(C)C)OP(=O)(OCC)OCC. The zero-order valence-electron chi connectivity index (χ0n) is 17.7. The highest BCUT2D eigenvalue weighted by atomic mass is 31.2. The molecule has 0 rings (SSSR count). The third kappa shape index (κ3) is 13.7. The zero-order chi connectivity index (χ0) is 20.7. The number of allylic oxidation sites excluding steroid dienone is 2. The van der Waals surface area contributed by atoms with Gasteiger partial charge in [-0.15, -0.1) is 0 Å². The Hall–Kier alpha value is -1.10. The topological polar surface area (TPSA) is 71.1 Å². The molecule has 0 saturated heterocycles. The molecule has 27 heavy (non-hydrogen) atoms. The number of esters is 1. The monoisotopic (exact) mass is 404 g/mol. The lowest BCUT2D eigenvalue weighted by Gasteiger charge is -2.17. The number of rotatable bonds is 15. The van der Waals surface area contributed by atoms with Crippen LogP contribution in [-0.2, 0) is 27.7 Å². The van der Waals surface area contributed by atoms with E-state index < -0.39 is 13.8 Å². The highest BCUT2D eigenvalue weighted by molar-refractivity contribution is 7.48. The lowest BCUT2D eigenvalue weighted by molar-refractivity contribution is -0.137. The summed E-state index contributed by atoms with van der Waals surface area (Å²) < 4.78 is 33.2. The maximum absolute atomic E-state index is 12.6. The number of ether oxygens (including phenoxy) is 1. The fraction of sp³-hybridized carbons (Fsp3) is 0.750. The van der Waals surface area contributed by atoms with Crippen LogP contribution < -0.4 is 0 Å². The van der Waals surface area contributed by atoms with Gasteiger partial charge in [0, 0.05) is 0 Å². The van der Waals surface area contributed by atoms with Gasteiger partial charge in [-0.2, -0.15) is 0 Å². The molecule has 0 aliphatic rings. The van der Waals surface area contributed by atoms with Gasteiger partial charge in [-0.3, -0.25) is 9.05 Å².